The van der Waals surface area contributed by atoms with Gasteiger partial charge in [-0.2, -0.15) is 0 Å². The van der Waals surface area contributed by atoms with Crippen LogP contribution in [-0.2, 0) is 4.74 Å². The first kappa shape index (κ1) is 14.4. The van der Waals surface area contributed by atoms with Gasteiger partial charge >= 0.3 is 0 Å². The fraction of sp³-hybridized carbons (Fsp3) is 0.600. The molecule has 1 saturated heterocycles. The minimum atomic E-state index is -0.205. The first-order chi connectivity index (χ1) is 9.04. The zero-order valence-corrected chi connectivity index (χ0v) is 11.9. The molecule has 0 saturated carbocycles. The van der Waals surface area contributed by atoms with Crippen molar-refractivity contribution >= 4 is 0 Å². The summed E-state index contributed by atoms with van der Waals surface area (Å²) in [4.78, 5) is 2.24. The van der Waals surface area contributed by atoms with E-state index in [1.54, 1.807) is 6.07 Å². The largest absolute Gasteiger partial charge is 0.377 e. The Morgan fingerprint density at radius 2 is 2.26 bits per heavy atom. The quantitative estimate of drug-likeness (QED) is 0.908. The highest BCUT2D eigenvalue weighted by atomic mass is 19.1. The van der Waals surface area contributed by atoms with Crippen LogP contribution >= 0.6 is 0 Å². The van der Waals surface area contributed by atoms with Gasteiger partial charge in [-0.25, -0.2) is 4.39 Å². The first-order valence-electron chi connectivity index (χ1n) is 6.84. The lowest BCUT2D eigenvalue weighted by Crippen LogP contribution is -2.42. The highest BCUT2D eigenvalue weighted by Crippen LogP contribution is 2.29. The van der Waals surface area contributed by atoms with Crippen molar-refractivity contribution in [1.82, 2.24) is 4.90 Å². The van der Waals surface area contributed by atoms with E-state index in [4.69, 9.17) is 10.5 Å². The molecule has 0 aromatic heterocycles. The molecule has 3 unspecified atom stereocenters. The number of aryl methyl sites for hydroxylation is 1. The third-order valence-electron chi connectivity index (χ3n) is 4.17. The van der Waals surface area contributed by atoms with Crippen LogP contribution in [0.3, 0.4) is 0 Å². The summed E-state index contributed by atoms with van der Waals surface area (Å²) in [5.74, 6) is -0.205. The number of nitrogens with two attached hydrogens (primary N) is 1. The minimum Gasteiger partial charge on any atom is -0.377 e. The number of rotatable bonds is 4. The van der Waals surface area contributed by atoms with E-state index >= 15 is 0 Å². The van der Waals surface area contributed by atoms with Gasteiger partial charge < -0.3 is 10.5 Å². The van der Waals surface area contributed by atoms with E-state index in [0.717, 1.165) is 24.2 Å². The second-order valence-corrected chi connectivity index (χ2v) is 5.35. The van der Waals surface area contributed by atoms with Crippen LogP contribution in [0, 0.1) is 12.7 Å². The third kappa shape index (κ3) is 2.96. The van der Waals surface area contributed by atoms with Crippen molar-refractivity contribution in [2.75, 3.05) is 20.2 Å². The molecule has 1 aromatic carbocycles. The fourth-order valence-corrected chi connectivity index (χ4v) is 2.97. The van der Waals surface area contributed by atoms with Gasteiger partial charge in [-0.1, -0.05) is 6.07 Å². The zero-order chi connectivity index (χ0) is 14.0. The van der Waals surface area contributed by atoms with E-state index in [2.05, 4.69) is 18.9 Å². The normalized spacial score (nSPS) is 24.9. The van der Waals surface area contributed by atoms with E-state index in [1.165, 1.54) is 6.07 Å². The van der Waals surface area contributed by atoms with Gasteiger partial charge in [-0.15, -0.1) is 0 Å². The Morgan fingerprint density at radius 3 is 2.84 bits per heavy atom. The Kier molecular flexibility index (Phi) is 4.55. The van der Waals surface area contributed by atoms with Crippen molar-refractivity contribution in [1.29, 1.82) is 0 Å². The smallest absolute Gasteiger partial charge is 0.123 e. The van der Waals surface area contributed by atoms with Crippen molar-refractivity contribution in [3.63, 3.8) is 0 Å². The molecule has 0 amide bonds. The first-order valence-corrected chi connectivity index (χ1v) is 6.84. The van der Waals surface area contributed by atoms with Crippen molar-refractivity contribution in [2.24, 2.45) is 5.73 Å². The number of halogens is 1. The summed E-state index contributed by atoms with van der Waals surface area (Å²) in [5, 5.41) is 0. The van der Waals surface area contributed by atoms with Crippen LogP contribution in [-0.4, -0.2) is 37.2 Å². The summed E-state index contributed by atoms with van der Waals surface area (Å²) >= 11 is 0. The van der Waals surface area contributed by atoms with Gasteiger partial charge in [-0.05, 0) is 50.6 Å². The van der Waals surface area contributed by atoms with Gasteiger partial charge in [0.05, 0.1) is 6.10 Å². The Bertz CT molecular complexity index is 438. The SMILES string of the molecule is Cc1ccc(F)cc1C(CN)N(C)C1CCOC1C. The second kappa shape index (κ2) is 5.99. The van der Waals surface area contributed by atoms with Gasteiger partial charge in [0.1, 0.15) is 5.82 Å². The summed E-state index contributed by atoms with van der Waals surface area (Å²) in [7, 11) is 2.05. The number of nitrogens with zero attached hydrogens (tertiary/aromatic N) is 1. The number of hydrogen-bond donors (Lipinski definition) is 1. The van der Waals surface area contributed by atoms with Gasteiger partial charge in [0.15, 0.2) is 0 Å². The number of benzene rings is 1. The maximum atomic E-state index is 13.5. The lowest BCUT2D eigenvalue weighted by atomic mass is 9.97. The molecule has 0 radical (unpaired) electrons. The average Bonchev–Trinajstić information content (AvgIpc) is 2.80. The number of hydrogen-bond acceptors (Lipinski definition) is 3. The Balaban J connectivity index is 2.26. The van der Waals surface area contributed by atoms with Crippen molar-refractivity contribution in [3.8, 4) is 0 Å². The molecule has 2 rings (SSSR count). The van der Waals surface area contributed by atoms with E-state index in [1.807, 2.05) is 13.0 Å². The van der Waals surface area contributed by atoms with Crippen LogP contribution < -0.4 is 5.73 Å². The van der Waals surface area contributed by atoms with Crippen LogP contribution in [0.5, 0.6) is 0 Å². The topological polar surface area (TPSA) is 38.5 Å². The highest BCUT2D eigenvalue weighted by molar-refractivity contribution is 5.30. The lowest BCUT2D eigenvalue weighted by molar-refractivity contribution is 0.0684. The van der Waals surface area contributed by atoms with Crippen molar-refractivity contribution < 1.29 is 9.13 Å². The van der Waals surface area contributed by atoms with E-state index in [-0.39, 0.29) is 18.0 Å². The monoisotopic (exact) mass is 266 g/mol. The summed E-state index contributed by atoms with van der Waals surface area (Å²) in [6, 6.07) is 5.29. The molecular weight excluding hydrogens is 243 g/mol. The van der Waals surface area contributed by atoms with Gasteiger partial charge in [-0.3, -0.25) is 4.90 Å². The van der Waals surface area contributed by atoms with Gasteiger partial charge in [0, 0.05) is 25.2 Å². The number of ether oxygens (including phenoxy) is 1. The van der Waals surface area contributed by atoms with Gasteiger partial charge in [0.2, 0.25) is 0 Å². The fourth-order valence-electron chi connectivity index (χ4n) is 2.97. The highest BCUT2D eigenvalue weighted by Gasteiger charge is 2.32. The Labute approximate surface area is 114 Å². The van der Waals surface area contributed by atoms with Crippen LogP contribution in [0.1, 0.15) is 30.5 Å². The Hall–Kier alpha value is -0.970. The molecule has 4 heteroatoms. The third-order valence-corrected chi connectivity index (χ3v) is 4.17. The molecule has 1 heterocycles. The van der Waals surface area contributed by atoms with E-state index in [9.17, 15) is 4.39 Å². The predicted octanol–water partition coefficient (Wildman–Crippen LogP) is 2.24. The molecule has 0 aliphatic carbocycles. The Morgan fingerprint density at radius 1 is 1.53 bits per heavy atom. The lowest BCUT2D eigenvalue weighted by Gasteiger charge is -2.34. The molecule has 1 fully saturated rings. The van der Waals surface area contributed by atoms with Crippen LogP contribution in [0.2, 0.25) is 0 Å². The molecule has 1 aliphatic heterocycles. The summed E-state index contributed by atoms with van der Waals surface area (Å²) < 4.78 is 19.1. The summed E-state index contributed by atoms with van der Waals surface area (Å²) in [6.45, 7) is 5.35. The standard InChI is InChI=1S/C15H23FN2O/c1-10-4-5-12(16)8-13(10)15(9-17)18(3)14-6-7-19-11(14)2/h4-5,8,11,14-15H,6-7,9,17H2,1-3H3. The summed E-state index contributed by atoms with van der Waals surface area (Å²) in [5.41, 5.74) is 7.99. The average molecular weight is 266 g/mol. The van der Waals surface area contributed by atoms with Gasteiger partial charge in [0.25, 0.3) is 0 Å². The molecule has 1 aromatic rings. The minimum absolute atomic E-state index is 0.0323. The molecular formula is C15H23FN2O. The summed E-state index contributed by atoms with van der Waals surface area (Å²) in [6.07, 6.45) is 1.20. The van der Waals surface area contributed by atoms with E-state index in [0.29, 0.717) is 12.6 Å². The maximum absolute atomic E-state index is 13.5. The molecule has 1 aliphatic rings. The van der Waals surface area contributed by atoms with Crippen LogP contribution in [0.4, 0.5) is 4.39 Å². The maximum Gasteiger partial charge on any atom is 0.123 e. The molecule has 2 N–H and O–H groups in total. The molecule has 106 valence electrons. The second-order valence-electron chi connectivity index (χ2n) is 5.35. The molecule has 3 atom stereocenters. The number of likely N-dealkylation sites (N-methyl/N-ethyl adjacent to an activating group) is 1. The molecule has 3 nitrogen and oxygen atoms in total. The van der Waals surface area contributed by atoms with E-state index < -0.39 is 0 Å². The zero-order valence-electron chi connectivity index (χ0n) is 11.9. The predicted molar refractivity (Wildman–Crippen MR) is 74.5 cm³/mol. The molecule has 0 bridgehead atoms. The van der Waals surface area contributed by atoms with Crippen molar-refractivity contribution in [3.05, 3.63) is 35.1 Å². The van der Waals surface area contributed by atoms with Crippen LogP contribution in [0.25, 0.3) is 0 Å². The van der Waals surface area contributed by atoms with Crippen LogP contribution in [0.15, 0.2) is 18.2 Å². The van der Waals surface area contributed by atoms with Crippen molar-refractivity contribution in [2.45, 2.75) is 38.5 Å². The molecule has 0 spiro atoms. The molecule has 19 heavy (non-hydrogen) atoms.